The Balaban J connectivity index is 2.07. The fourth-order valence-corrected chi connectivity index (χ4v) is 4.34. The molecule has 1 fully saturated rings. The molecule has 0 spiro atoms. The van der Waals surface area contributed by atoms with E-state index < -0.39 is 21.0 Å². The first-order chi connectivity index (χ1) is 11.8. The van der Waals surface area contributed by atoms with Gasteiger partial charge in [0, 0.05) is 30.8 Å². The van der Waals surface area contributed by atoms with Crippen molar-refractivity contribution in [1.82, 2.24) is 9.62 Å². The van der Waals surface area contributed by atoms with E-state index in [1.165, 1.54) is 30.0 Å². The maximum absolute atomic E-state index is 12.6. The van der Waals surface area contributed by atoms with E-state index in [9.17, 15) is 23.3 Å². The van der Waals surface area contributed by atoms with E-state index in [-0.39, 0.29) is 28.8 Å². The number of sulfonamides is 1. The van der Waals surface area contributed by atoms with Crippen LogP contribution in [0.25, 0.3) is 0 Å². The fourth-order valence-electron chi connectivity index (χ4n) is 2.77. The van der Waals surface area contributed by atoms with Crippen molar-refractivity contribution in [1.29, 1.82) is 0 Å². The Labute approximate surface area is 146 Å². The standard InChI is InChI=1S/C15H21N3O6S/c1-3-24-15(19)17-9-7-12(8-10-17)16-25(22,23)14-6-4-5-13(11(14)2)18(20)21/h4-6,12,16H,3,7-10H2,1-2H3. The molecular formula is C15H21N3O6S. The first-order valence-electron chi connectivity index (χ1n) is 7.94. The third-order valence-electron chi connectivity index (χ3n) is 4.08. The molecule has 1 heterocycles. The number of rotatable bonds is 5. The molecule has 0 bridgehead atoms. The van der Waals surface area contributed by atoms with Crippen molar-refractivity contribution in [3.8, 4) is 0 Å². The molecule has 9 nitrogen and oxygen atoms in total. The average Bonchev–Trinajstić information content (AvgIpc) is 2.55. The van der Waals surface area contributed by atoms with Crippen LogP contribution < -0.4 is 4.72 Å². The van der Waals surface area contributed by atoms with E-state index in [1.54, 1.807) is 6.92 Å². The Kier molecular flexibility index (Phi) is 5.96. The molecule has 0 saturated carbocycles. The molecule has 1 saturated heterocycles. The van der Waals surface area contributed by atoms with Gasteiger partial charge in [0.1, 0.15) is 0 Å². The van der Waals surface area contributed by atoms with E-state index in [0.717, 1.165) is 0 Å². The van der Waals surface area contributed by atoms with Gasteiger partial charge in [-0.1, -0.05) is 6.07 Å². The molecule has 1 aromatic carbocycles. The summed E-state index contributed by atoms with van der Waals surface area (Å²) in [5.74, 6) is 0. The zero-order valence-corrected chi connectivity index (χ0v) is 14.9. The summed E-state index contributed by atoms with van der Waals surface area (Å²) in [5.41, 5.74) is -0.135. The summed E-state index contributed by atoms with van der Waals surface area (Å²) in [4.78, 5) is 23.5. The molecule has 2 rings (SSSR count). The zero-order valence-electron chi connectivity index (χ0n) is 14.1. The highest BCUT2D eigenvalue weighted by Crippen LogP contribution is 2.25. The predicted octanol–water partition coefficient (Wildman–Crippen LogP) is 1.80. The van der Waals surface area contributed by atoms with Crippen LogP contribution in [0.15, 0.2) is 23.1 Å². The molecular weight excluding hydrogens is 350 g/mol. The number of amides is 1. The van der Waals surface area contributed by atoms with E-state index in [1.807, 2.05) is 0 Å². The van der Waals surface area contributed by atoms with Crippen LogP contribution in [0.2, 0.25) is 0 Å². The molecule has 10 heteroatoms. The summed E-state index contributed by atoms with van der Waals surface area (Å²) >= 11 is 0. The van der Waals surface area contributed by atoms with Gasteiger partial charge in [-0.2, -0.15) is 0 Å². The smallest absolute Gasteiger partial charge is 0.409 e. The Bertz CT molecular complexity index is 757. The lowest BCUT2D eigenvalue weighted by atomic mass is 10.1. The van der Waals surface area contributed by atoms with E-state index in [2.05, 4.69) is 4.72 Å². The largest absolute Gasteiger partial charge is 0.450 e. The minimum Gasteiger partial charge on any atom is -0.450 e. The Morgan fingerprint density at radius 3 is 2.60 bits per heavy atom. The molecule has 1 amide bonds. The van der Waals surface area contributed by atoms with Gasteiger partial charge in [0.25, 0.3) is 5.69 Å². The third kappa shape index (κ3) is 4.45. The van der Waals surface area contributed by atoms with E-state index >= 15 is 0 Å². The first kappa shape index (κ1) is 19.1. The molecule has 1 aliphatic rings. The summed E-state index contributed by atoms with van der Waals surface area (Å²) in [6.45, 7) is 4.20. The third-order valence-corrected chi connectivity index (χ3v) is 5.75. The van der Waals surface area contributed by atoms with Crippen molar-refractivity contribution >= 4 is 21.8 Å². The van der Waals surface area contributed by atoms with E-state index in [0.29, 0.717) is 25.9 Å². The molecule has 0 aliphatic carbocycles. The topological polar surface area (TPSA) is 119 Å². The molecule has 0 aromatic heterocycles. The molecule has 0 radical (unpaired) electrons. The maximum Gasteiger partial charge on any atom is 0.409 e. The number of carbonyl (C=O) groups excluding carboxylic acids is 1. The van der Waals surface area contributed by atoms with Gasteiger partial charge in [0.15, 0.2) is 0 Å². The minimum absolute atomic E-state index is 0.101. The fraction of sp³-hybridized carbons (Fsp3) is 0.533. The highest BCUT2D eigenvalue weighted by molar-refractivity contribution is 7.89. The number of nitrogens with one attached hydrogen (secondary N) is 1. The molecule has 1 aromatic rings. The second kappa shape index (κ2) is 7.79. The average molecular weight is 371 g/mol. The van der Waals surface area contributed by atoms with Gasteiger partial charge in [-0.3, -0.25) is 10.1 Å². The van der Waals surface area contributed by atoms with Crippen LogP contribution in [0.3, 0.4) is 0 Å². The van der Waals surface area contributed by atoms with Gasteiger partial charge in [0.2, 0.25) is 10.0 Å². The molecule has 0 unspecified atom stereocenters. The predicted molar refractivity (Wildman–Crippen MR) is 89.8 cm³/mol. The second-order valence-electron chi connectivity index (χ2n) is 5.74. The van der Waals surface area contributed by atoms with Gasteiger partial charge >= 0.3 is 6.09 Å². The number of hydrogen-bond acceptors (Lipinski definition) is 6. The van der Waals surface area contributed by atoms with Crippen LogP contribution in [0.5, 0.6) is 0 Å². The number of hydrogen-bond donors (Lipinski definition) is 1. The van der Waals surface area contributed by atoms with Crippen LogP contribution in [0.4, 0.5) is 10.5 Å². The summed E-state index contributed by atoms with van der Waals surface area (Å²) in [6, 6.07) is 3.63. The highest BCUT2D eigenvalue weighted by Gasteiger charge is 2.29. The Morgan fingerprint density at radius 2 is 2.04 bits per heavy atom. The molecule has 138 valence electrons. The van der Waals surface area contributed by atoms with Gasteiger partial charge in [-0.25, -0.2) is 17.9 Å². The Hall–Kier alpha value is -2.20. The number of nitrogens with zero attached hydrogens (tertiary/aromatic N) is 2. The van der Waals surface area contributed by atoms with Crippen LogP contribution in [-0.4, -0.2) is 50.1 Å². The van der Waals surface area contributed by atoms with Crippen LogP contribution >= 0.6 is 0 Å². The second-order valence-corrected chi connectivity index (χ2v) is 7.42. The molecule has 1 aliphatic heterocycles. The highest BCUT2D eigenvalue weighted by atomic mass is 32.2. The summed E-state index contributed by atoms with van der Waals surface area (Å²) in [7, 11) is -3.88. The van der Waals surface area contributed by atoms with Gasteiger partial charge in [-0.05, 0) is 32.8 Å². The number of likely N-dealkylation sites (tertiary alicyclic amines) is 1. The van der Waals surface area contributed by atoms with Gasteiger partial charge in [0.05, 0.1) is 16.4 Å². The quantitative estimate of drug-likeness (QED) is 0.623. The first-order valence-corrected chi connectivity index (χ1v) is 9.42. The summed E-state index contributed by atoms with van der Waals surface area (Å²) in [5, 5.41) is 11.0. The molecule has 1 N–H and O–H groups in total. The lowest BCUT2D eigenvalue weighted by Gasteiger charge is -2.31. The van der Waals surface area contributed by atoms with Crippen molar-refractivity contribution < 1.29 is 22.9 Å². The monoisotopic (exact) mass is 371 g/mol. The minimum atomic E-state index is -3.88. The van der Waals surface area contributed by atoms with Crippen LogP contribution in [0.1, 0.15) is 25.3 Å². The van der Waals surface area contributed by atoms with Crippen molar-refractivity contribution in [3.05, 3.63) is 33.9 Å². The number of piperidine rings is 1. The number of benzene rings is 1. The zero-order chi connectivity index (χ0) is 18.6. The SMILES string of the molecule is CCOC(=O)N1CCC(NS(=O)(=O)c2cccc([N+](=O)[O-])c2C)CC1. The summed E-state index contributed by atoms with van der Waals surface area (Å²) in [6.07, 6.45) is 0.497. The number of carbonyl (C=O) groups is 1. The van der Waals surface area contributed by atoms with Crippen molar-refractivity contribution in [2.75, 3.05) is 19.7 Å². The maximum atomic E-state index is 12.6. The number of nitro benzene ring substituents is 1. The van der Waals surface area contributed by atoms with E-state index in [4.69, 9.17) is 4.74 Å². The van der Waals surface area contributed by atoms with Gasteiger partial charge in [-0.15, -0.1) is 0 Å². The van der Waals surface area contributed by atoms with Crippen LogP contribution in [-0.2, 0) is 14.8 Å². The van der Waals surface area contributed by atoms with Crippen LogP contribution in [0, 0.1) is 17.0 Å². The lowest BCUT2D eigenvalue weighted by molar-refractivity contribution is -0.385. The van der Waals surface area contributed by atoms with Crippen molar-refractivity contribution in [2.24, 2.45) is 0 Å². The Morgan fingerprint density at radius 1 is 1.40 bits per heavy atom. The number of nitro groups is 1. The van der Waals surface area contributed by atoms with Gasteiger partial charge < -0.3 is 9.64 Å². The molecule has 25 heavy (non-hydrogen) atoms. The van der Waals surface area contributed by atoms with Crippen molar-refractivity contribution in [3.63, 3.8) is 0 Å². The molecule has 0 atom stereocenters. The van der Waals surface area contributed by atoms with Crippen molar-refractivity contribution in [2.45, 2.75) is 37.6 Å². The normalized spacial score (nSPS) is 15.8. The number of ether oxygens (including phenoxy) is 1. The summed E-state index contributed by atoms with van der Waals surface area (Å²) < 4.78 is 32.7. The lowest BCUT2D eigenvalue weighted by Crippen LogP contribution is -2.46.